The predicted octanol–water partition coefficient (Wildman–Crippen LogP) is -3.18. The number of amides is 1. The lowest BCUT2D eigenvalue weighted by Crippen LogP contribution is -2.64. The van der Waals surface area contributed by atoms with Crippen LogP contribution in [-0.4, -0.2) is 119 Å². The number of nitrogens with zero attached hydrogens (tertiary/aromatic N) is 3. The lowest BCUT2D eigenvalue weighted by atomic mass is 9.90. The molecule has 1 amide bonds. The summed E-state index contributed by atoms with van der Waals surface area (Å²) in [6.45, 7) is 4.64. The molecule has 1 aromatic rings. The number of aliphatic hydroxyl groups excluding tert-OH is 3. The molecule has 184 valence electrons. The summed E-state index contributed by atoms with van der Waals surface area (Å²) in [5, 5.41) is 40.6. The third-order valence-corrected chi connectivity index (χ3v) is 4.87. The molecule has 0 spiro atoms. The highest BCUT2D eigenvalue weighted by atomic mass is 16.5. The van der Waals surface area contributed by atoms with E-state index in [-0.39, 0.29) is 12.3 Å². The maximum atomic E-state index is 11.5. The molecule has 0 saturated carbocycles. The van der Waals surface area contributed by atoms with Crippen LogP contribution in [0.25, 0.3) is 0 Å². The van der Waals surface area contributed by atoms with Crippen LogP contribution in [0.1, 0.15) is 12.6 Å². The molecule has 6 N–H and O–H groups in total. The van der Waals surface area contributed by atoms with Crippen molar-refractivity contribution in [2.24, 2.45) is 5.73 Å². The van der Waals surface area contributed by atoms with Gasteiger partial charge in [0, 0.05) is 26.1 Å². The van der Waals surface area contributed by atoms with E-state index in [9.17, 15) is 20.1 Å². The maximum Gasteiger partial charge on any atom is 0.217 e. The van der Waals surface area contributed by atoms with Gasteiger partial charge in [0.15, 0.2) is 0 Å². The summed E-state index contributed by atoms with van der Waals surface area (Å²) in [6, 6.07) is -0.848. The first-order valence-corrected chi connectivity index (χ1v) is 10.7. The van der Waals surface area contributed by atoms with Gasteiger partial charge in [0.05, 0.1) is 70.6 Å². The van der Waals surface area contributed by atoms with Gasteiger partial charge in [-0.2, -0.15) is 0 Å². The summed E-state index contributed by atoms with van der Waals surface area (Å²) < 4.78 is 23.4. The number of nitrogens with two attached hydrogens (primary N) is 1. The van der Waals surface area contributed by atoms with Crippen LogP contribution in [0.2, 0.25) is 0 Å². The fraction of sp³-hybridized carbons (Fsp3) is 0.842. The van der Waals surface area contributed by atoms with Crippen molar-refractivity contribution in [3.8, 4) is 0 Å². The molecule has 1 aliphatic heterocycles. The molecular formula is C19H35N5O8. The lowest BCUT2D eigenvalue weighted by Gasteiger charge is -2.42. The average molecular weight is 462 g/mol. The molecule has 0 unspecified atom stereocenters. The van der Waals surface area contributed by atoms with Crippen LogP contribution in [0.5, 0.6) is 0 Å². The van der Waals surface area contributed by atoms with Crippen molar-refractivity contribution in [1.29, 1.82) is 0 Å². The Morgan fingerprint density at radius 2 is 1.78 bits per heavy atom. The van der Waals surface area contributed by atoms with E-state index >= 15 is 0 Å². The Bertz CT molecular complexity index is 663. The Labute approximate surface area is 186 Å². The molecular weight excluding hydrogens is 426 g/mol. The van der Waals surface area contributed by atoms with Crippen molar-refractivity contribution in [2.75, 3.05) is 52.8 Å². The van der Waals surface area contributed by atoms with Gasteiger partial charge in [-0.3, -0.25) is 4.79 Å². The number of rotatable bonds is 15. The minimum Gasteiger partial charge on any atom is -0.394 e. The fourth-order valence-electron chi connectivity index (χ4n) is 3.31. The number of hydrogen-bond donors (Lipinski definition) is 5. The quantitative estimate of drug-likeness (QED) is 0.166. The summed E-state index contributed by atoms with van der Waals surface area (Å²) in [6.07, 6.45) is -2.31. The second-order valence-corrected chi connectivity index (χ2v) is 7.41. The molecule has 1 aliphatic rings. The van der Waals surface area contributed by atoms with Crippen molar-refractivity contribution in [3.63, 3.8) is 0 Å². The third-order valence-electron chi connectivity index (χ3n) is 4.87. The first-order chi connectivity index (χ1) is 15.5. The standard InChI is InChI=1S/C19H35N5O8/c1-13(26)21-17-15(32-16(12-25)18(27)19(17)28)10-14-11-24(23-22-14)3-5-30-7-9-31-8-6-29-4-2-20/h11,15-19,25,27-28H,2-10,12,20H2,1H3,(H,21,26)/t15-,16-,17+,18+,19-/m1/s1. The Morgan fingerprint density at radius 1 is 1.12 bits per heavy atom. The van der Waals surface area contributed by atoms with Gasteiger partial charge < -0.3 is 45.3 Å². The molecule has 1 fully saturated rings. The number of carbonyl (C=O) groups excluding carboxylic acids is 1. The molecule has 1 aromatic heterocycles. The lowest BCUT2D eigenvalue weighted by molar-refractivity contribution is -0.194. The zero-order valence-corrected chi connectivity index (χ0v) is 18.3. The van der Waals surface area contributed by atoms with Crippen LogP contribution in [0.15, 0.2) is 6.20 Å². The highest BCUT2D eigenvalue weighted by Crippen LogP contribution is 2.23. The van der Waals surface area contributed by atoms with Gasteiger partial charge in [-0.15, -0.1) is 5.10 Å². The van der Waals surface area contributed by atoms with E-state index in [4.69, 9.17) is 24.7 Å². The molecule has 5 atom stereocenters. The Morgan fingerprint density at radius 3 is 2.41 bits per heavy atom. The maximum absolute atomic E-state index is 11.5. The van der Waals surface area contributed by atoms with Crippen LogP contribution in [0.3, 0.4) is 0 Å². The third kappa shape index (κ3) is 8.67. The second-order valence-electron chi connectivity index (χ2n) is 7.41. The normalized spacial score (nSPS) is 25.7. The molecule has 2 heterocycles. The number of aromatic nitrogens is 3. The van der Waals surface area contributed by atoms with Crippen molar-refractivity contribution in [1.82, 2.24) is 20.3 Å². The van der Waals surface area contributed by atoms with E-state index in [1.807, 2.05) is 0 Å². The van der Waals surface area contributed by atoms with E-state index in [2.05, 4.69) is 15.6 Å². The largest absolute Gasteiger partial charge is 0.394 e. The van der Waals surface area contributed by atoms with Crippen LogP contribution >= 0.6 is 0 Å². The molecule has 2 rings (SSSR count). The molecule has 32 heavy (non-hydrogen) atoms. The zero-order chi connectivity index (χ0) is 23.3. The molecule has 13 nitrogen and oxygen atoms in total. The highest BCUT2D eigenvalue weighted by Gasteiger charge is 2.44. The molecule has 0 bridgehead atoms. The predicted molar refractivity (Wildman–Crippen MR) is 111 cm³/mol. The molecule has 13 heteroatoms. The Balaban J connectivity index is 1.74. The van der Waals surface area contributed by atoms with Crippen LogP contribution in [-0.2, 0) is 36.7 Å². The van der Waals surface area contributed by atoms with Gasteiger partial charge in [0.1, 0.15) is 18.3 Å². The van der Waals surface area contributed by atoms with Gasteiger partial charge in [0.2, 0.25) is 5.91 Å². The topological polar surface area (TPSA) is 183 Å². The van der Waals surface area contributed by atoms with Crippen molar-refractivity contribution >= 4 is 5.91 Å². The number of carbonyl (C=O) groups is 1. The van der Waals surface area contributed by atoms with E-state index in [0.29, 0.717) is 58.4 Å². The van der Waals surface area contributed by atoms with Gasteiger partial charge in [0.25, 0.3) is 0 Å². The zero-order valence-electron chi connectivity index (χ0n) is 18.3. The van der Waals surface area contributed by atoms with Gasteiger partial charge >= 0.3 is 0 Å². The monoisotopic (exact) mass is 461 g/mol. The molecule has 0 aromatic carbocycles. The van der Waals surface area contributed by atoms with E-state index in [1.54, 1.807) is 10.9 Å². The van der Waals surface area contributed by atoms with Crippen LogP contribution in [0.4, 0.5) is 0 Å². The number of ether oxygens (including phenoxy) is 4. The van der Waals surface area contributed by atoms with Crippen LogP contribution in [0, 0.1) is 0 Å². The molecule has 0 aliphatic carbocycles. The Kier molecular flexibility index (Phi) is 12.0. The molecule has 0 radical (unpaired) electrons. The van der Waals surface area contributed by atoms with Gasteiger partial charge in [-0.25, -0.2) is 4.68 Å². The summed E-state index contributed by atoms with van der Waals surface area (Å²) in [5.74, 6) is -0.370. The minimum absolute atomic E-state index is 0.228. The van der Waals surface area contributed by atoms with Gasteiger partial charge in [-0.05, 0) is 0 Å². The Hall–Kier alpha value is -1.71. The van der Waals surface area contributed by atoms with Crippen LogP contribution < -0.4 is 11.1 Å². The summed E-state index contributed by atoms with van der Waals surface area (Å²) >= 11 is 0. The van der Waals surface area contributed by atoms with Crippen molar-refractivity contribution in [3.05, 3.63) is 11.9 Å². The number of aliphatic hydroxyl groups is 3. The van der Waals surface area contributed by atoms with E-state index in [1.165, 1.54) is 6.92 Å². The second kappa shape index (κ2) is 14.4. The number of hydrogen-bond acceptors (Lipinski definition) is 11. The first kappa shape index (κ1) is 26.5. The van der Waals surface area contributed by atoms with Crippen molar-refractivity contribution < 1.29 is 39.1 Å². The summed E-state index contributed by atoms with van der Waals surface area (Å²) in [7, 11) is 0. The van der Waals surface area contributed by atoms with Crippen molar-refractivity contribution in [2.45, 2.75) is 50.3 Å². The van der Waals surface area contributed by atoms with Gasteiger partial charge in [-0.1, -0.05) is 5.21 Å². The average Bonchev–Trinajstić information content (AvgIpc) is 3.21. The summed E-state index contributed by atoms with van der Waals surface area (Å²) in [4.78, 5) is 11.5. The smallest absolute Gasteiger partial charge is 0.217 e. The summed E-state index contributed by atoms with van der Waals surface area (Å²) in [5.41, 5.74) is 5.89. The fourth-order valence-corrected chi connectivity index (χ4v) is 3.31. The van der Waals surface area contributed by atoms with E-state index < -0.39 is 37.1 Å². The molecule has 1 saturated heterocycles. The van der Waals surface area contributed by atoms with E-state index in [0.717, 1.165) is 0 Å². The minimum atomic E-state index is -1.32. The number of nitrogens with one attached hydrogen (secondary N) is 1. The first-order valence-electron chi connectivity index (χ1n) is 10.7. The highest BCUT2D eigenvalue weighted by molar-refractivity contribution is 5.73. The SMILES string of the molecule is CC(=O)N[C@@H]1[C@@H](O)[C@@H](O)[C@@H](CO)O[C@@H]1Cc1cn(CCOCCOCCOCCN)nn1.